The first-order valence-electron chi connectivity index (χ1n) is 12.4. The van der Waals surface area contributed by atoms with Crippen LogP contribution in [0.4, 0.5) is 33.3 Å². The van der Waals surface area contributed by atoms with Gasteiger partial charge in [-0.1, -0.05) is 17.7 Å². The number of benzene rings is 2. The van der Waals surface area contributed by atoms with Crippen LogP contribution in [-0.4, -0.2) is 76.3 Å². The zero-order valence-electron chi connectivity index (χ0n) is 22.1. The van der Waals surface area contributed by atoms with E-state index in [9.17, 15) is 40.0 Å². The molecule has 0 aromatic heterocycles. The monoisotopic (exact) mass is 625 g/mol. The number of anilines is 2. The Bertz CT molecular complexity index is 1390. The molecule has 0 bridgehead atoms. The fraction of sp³-hybridized carbons (Fsp3) is 0.440. The summed E-state index contributed by atoms with van der Waals surface area (Å²) in [5.74, 6) is -4.56. The minimum absolute atomic E-state index is 0.139. The molecule has 1 saturated heterocycles. The molecule has 0 radical (unpaired) electrons. The normalized spacial score (nSPS) is 16.5. The molecule has 3 N–H and O–H groups in total. The summed E-state index contributed by atoms with van der Waals surface area (Å²) in [6, 6.07) is 6.46. The standard InChI is InChI=1S/C25H29ClF5N5O4S/c1-15-14-36(10-9-35(15)8-7-25(29,30)31)20-11-17(26)4-6-19(20)34-24(38)18-5-3-16(22(27)23(18)28)12-32-21(37)13-33-41(2,39)40/h3-6,11,15,33H,7-10,12-14H2,1-2H3,(H,32,37)(H,34,38)/t15-/m1/s1. The Morgan fingerprint density at radius 3 is 2.44 bits per heavy atom. The molecular formula is C25H29ClF5N5O4S. The van der Waals surface area contributed by atoms with Crippen LogP contribution in [0.1, 0.15) is 29.3 Å². The number of halogens is 6. The van der Waals surface area contributed by atoms with E-state index in [1.54, 1.807) is 17.9 Å². The van der Waals surface area contributed by atoms with E-state index >= 15 is 0 Å². The number of sulfonamides is 1. The molecule has 1 aliphatic rings. The van der Waals surface area contributed by atoms with E-state index in [2.05, 4.69) is 10.6 Å². The van der Waals surface area contributed by atoms with Gasteiger partial charge in [0.2, 0.25) is 15.9 Å². The Balaban J connectivity index is 1.70. The summed E-state index contributed by atoms with van der Waals surface area (Å²) >= 11 is 6.16. The van der Waals surface area contributed by atoms with Gasteiger partial charge < -0.3 is 15.5 Å². The van der Waals surface area contributed by atoms with E-state index < -0.39 is 64.7 Å². The Labute approximate surface area is 239 Å². The molecule has 0 spiro atoms. The Hall–Kier alpha value is -3.01. The maximum Gasteiger partial charge on any atom is 0.390 e. The minimum atomic E-state index is -4.26. The molecule has 1 heterocycles. The fourth-order valence-corrected chi connectivity index (χ4v) is 4.79. The van der Waals surface area contributed by atoms with Gasteiger partial charge in [-0.3, -0.25) is 14.5 Å². The van der Waals surface area contributed by atoms with Crippen molar-refractivity contribution in [2.24, 2.45) is 0 Å². The quantitative estimate of drug-likeness (QED) is 0.349. The topological polar surface area (TPSA) is 111 Å². The molecule has 1 atom stereocenters. The number of nitrogens with zero attached hydrogens (tertiary/aromatic N) is 2. The lowest BCUT2D eigenvalue weighted by atomic mass is 10.1. The molecule has 226 valence electrons. The summed E-state index contributed by atoms with van der Waals surface area (Å²) in [5, 5.41) is 5.13. The second kappa shape index (κ2) is 13.3. The number of carbonyl (C=O) groups is 2. The number of amides is 2. The molecule has 9 nitrogen and oxygen atoms in total. The van der Waals surface area contributed by atoms with Gasteiger partial charge in [-0.25, -0.2) is 21.9 Å². The Kier molecular flexibility index (Phi) is 10.6. The first-order valence-corrected chi connectivity index (χ1v) is 14.7. The summed E-state index contributed by atoms with van der Waals surface area (Å²) < 4.78 is 91.7. The van der Waals surface area contributed by atoms with E-state index in [1.165, 1.54) is 12.1 Å². The SMILES string of the molecule is C[C@@H]1CN(c2cc(Cl)ccc2NC(=O)c2ccc(CNC(=O)CNS(C)(=O)=O)c(F)c2F)CCN1CCC(F)(F)F. The number of rotatable bonds is 10. The molecule has 1 aliphatic heterocycles. The van der Waals surface area contributed by atoms with Crippen molar-refractivity contribution in [3.63, 3.8) is 0 Å². The maximum atomic E-state index is 14.9. The van der Waals surface area contributed by atoms with Gasteiger partial charge in [-0.05, 0) is 31.2 Å². The number of carbonyl (C=O) groups excluding carboxylic acids is 2. The van der Waals surface area contributed by atoms with Gasteiger partial charge in [0, 0.05) is 49.4 Å². The van der Waals surface area contributed by atoms with Crippen molar-refractivity contribution in [1.82, 2.24) is 14.9 Å². The molecule has 2 aromatic rings. The fourth-order valence-electron chi connectivity index (χ4n) is 4.23. The highest BCUT2D eigenvalue weighted by molar-refractivity contribution is 7.88. The molecule has 16 heteroatoms. The van der Waals surface area contributed by atoms with Gasteiger partial charge in [0.25, 0.3) is 5.91 Å². The number of hydrogen-bond donors (Lipinski definition) is 3. The summed E-state index contributed by atoms with van der Waals surface area (Å²) in [4.78, 5) is 28.3. The lowest BCUT2D eigenvalue weighted by Gasteiger charge is -2.41. The third-order valence-corrected chi connectivity index (χ3v) is 7.28. The number of alkyl halides is 3. The maximum absolute atomic E-state index is 14.9. The molecule has 3 rings (SSSR count). The lowest BCUT2D eigenvalue weighted by Crippen LogP contribution is -2.52. The van der Waals surface area contributed by atoms with Crippen LogP contribution >= 0.6 is 11.6 Å². The van der Waals surface area contributed by atoms with Gasteiger partial charge in [0.1, 0.15) is 0 Å². The predicted octanol–water partition coefficient (Wildman–Crippen LogP) is 3.50. The van der Waals surface area contributed by atoms with Crippen molar-refractivity contribution in [1.29, 1.82) is 0 Å². The zero-order chi connectivity index (χ0) is 30.5. The van der Waals surface area contributed by atoms with Crippen LogP contribution in [-0.2, 0) is 21.4 Å². The predicted molar refractivity (Wildman–Crippen MR) is 144 cm³/mol. The third-order valence-electron chi connectivity index (χ3n) is 6.37. The first kappa shape index (κ1) is 32.5. The summed E-state index contributed by atoms with van der Waals surface area (Å²) in [6.45, 7) is 1.62. The van der Waals surface area contributed by atoms with E-state index in [4.69, 9.17) is 11.6 Å². The molecule has 0 unspecified atom stereocenters. The van der Waals surface area contributed by atoms with Crippen molar-refractivity contribution in [2.75, 3.05) is 49.2 Å². The van der Waals surface area contributed by atoms with E-state index in [0.29, 0.717) is 30.3 Å². The van der Waals surface area contributed by atoms with Gasteiger partial charge >= 0.3 is 6.18 Å². The van der Waals surface area contributed by atoms with E-state index in [-0.39, 0.29) is 23.8 Å². The average Bonchev–Trinajstić information content (AvgIpc) is 2.87. The Morgan fingerprint density at radius 1 is 1.10 bits per heavy atom. The number of nitrogens with one attached hydrogen (secondary N) is 3. The molecule has 2 aromatic carbocycles. The van der Waals surface area contributed by atoms with Gasteiger partial charge in [0.15, 0.2) is 11.6 Å². The van der Waals surface area contributed by atoms with Crippen molar-refractivity contribution >= 4 is 44.8 Å². The second-order valence-electron chi connectivity index (χ2n) is 9.58. The summed E-state index contributed by atoms with van der Waals surface area (Å²) in [7, 11) is -3.62. The van der Waals surface area contributed by atoms with Gasteiger partial charge in [-0.15, -0.1) is 0 Å². The van der Waals surface area contributed by atoms with Crippen LogP contribution < -0.4 is 20.3 Å². The van der Waals surface area contributed by atoms with Gasteiger partial charge in [-0.2, -0.15) is 13.2 Å². The smallest absolute Gasteiger partial charge is 0.367 e. The van der Waals surface area contributed by atoms with Gasteiger partial charge in [0.05, 0.1) is 36.2 Å². The van der Waals surface area contributed by atoms with Crippen LogP contribution in [0.15, 0.2) is 30.3 Å². The molecule has 41 heavy (non-hydrogen) atoms. The number of hydrogen-bond acceptors (Lipinski definition) is 6. The zero-order valence-corrected chi connectivity index (χ0v) is 23.7. The van der Waals surface area contributed by atoms with Crippen molar-refractivity contribution in [3.05, 3.63) is 58.1 Å². The first-order chi connectivity index (χ1) is 19.0. The second-order valence-corrected chi connectivity index (χ2v) is 11.9. The van der Waals surface area contributed by atoms with Crippen LogP contribution in [0.5, 0.6) is 0 Å². The van der Waals surface area contributed by atoms with Crippen molar-refractivity contribution in [2.45, 2.75) is 32.1 Å². The number of piperazine rings is 1. The summed E-state index contributed by atoms with van der Waals surface area (Å²) in [5.41, 5.74) is -0.167. The largest absolute Gasteiger partial charge is 0.390 e. The van der Waals surface area contributed by atoms with E-state index in [0.717, 1.165) is 18.4 Å². The lowest BCUT2D eigenvalue weighted by molar-refractivity contribution is -0.139. The highest BCUT2D eigenvalue weighted by atomic mass is 35.5. The van der Waals surface area contributed by atoms with E-state index in [1.807, 2.05) is 9.62 Å². The minimum Gasteiger partial charge on any atom is -0.367 e. The molecule has 0 saturated carbocycles. The van der Waals surface area contributed by atoms with Crippen LogP contribution in [0, 0.1) is 11.6 Å². The van der Waals surface area contributed by atoms with Crippen LogP contribution in [0.2, 0.25) is 5.02 Å². The highest BCUT2D eigenvalue weighted by Gasteiger charge is 2.31. The van der Waals surface area contributed by atoms with Crippen molar-refractivity contribution < 1.29 is 40.0 Å². The average molecular weight is 626 g/mol. The molecule has 2 amide bonds. The third kappa shape index (κ3) is 9.51. The van der Waals surface area contributed by atoms with Crippen LogP contribution in [0.3, 0.4) is 0 Å². The molecule has 1 fully saturated rings. The highest BCUT2D eigenvalue weighted by Crippen LogP contribution is 2.32. The molecular weight excluding hydrogens is 597 g/mol. The Morgan fingerprint density at radius 2 is 1.80 bits per heavy atom. The molecule has 0 aliphatic carbocycles. The van der Waals surface area contributed by atoms with Crippen LogP contribution in [0.25, 0.3) is 0 Å². The van der Waals surface area contributed by atoms with Crippen molar-refractivity contribution in [3.8, 4) is 0 Å². The summed E-state index contributed by atoms with van der Waals surface area (Å²) in [6.07, 6.45) is -4.33.